The molecule has 25 heavy (non-hydrogen) atoms. The number of benzene rings is 1. The van der Waals surface area contributed by atoms with E-state index in [0.29, 0.717) is 10.9 Å². The summed E-state index contributed by atoms with van der Waals surface area (Å²) in [5.74, 6) is -0.511. The smallest absolute Gasteiger partial charge is 0.417 e. The molecule has 0 atom stereocenters. The van der Waals surface area contributed by atoms with Crippen molar-refractivity contribution < 1.29 is 31.1 Å². The minimum Gasteiger partial charge on any atom is -0.466 e. The van der Waals surface area contributed by atoms with Crippen molar-refractivity contribution in [3.63, 3.8) is 0 Å². The largest absolute Gasteiger partial charge is 0.466 e. The molecule has 2 rings (SSSR count). The van der Waals surface area contributed by atoms with Gasteiger partial charge in [-0.15, -0.1) is 11.3 Å². The Morgan fingerprint density at radius 3 is 2.64 bits per heavy atom. The lowest BCUT2D eigenvalue weighted by atomic mass is 10.2. The number of aromatic nitrogens is 1. The molecule has 0 saturated carbocycles. The van der Waals surface area contributed by atoms with Crippen LogP contribution in [0.1, 0.15) is 17.4 Å². The van der Waals surface area contributed by atoms with Crippen molar-refractivity contribution >= 4 is 32.5 Å². The minimum absolute atomic E-state index is 0.105. The monoisotopic (exact) mass is 394 g/mol. The van der Waals surface area contributed by atoms with Crippen LogP contribution in [0.2, 0.25) is 0 Å². The number of hydrogen-bond donors (Lipinski definition) is 1. The summed E-state index contributed by atoms with van der Waals surface area (Å²) >= 11 is 0.838. The predicted octanol–water partition coefficient (Wildman–Crippen LogP) is 3.07. The van der Waals surface area contributed by atoms with Crippen LogP contribution in [0.15, 0.2) is 35.4 Å². The molecule has 0 unspecified atom stereocenters. The highest BCUT2D eigenvalue weighted by molar-refractivity contribution is 7.93. The van der Waals surface area contributed by atoms with E-state index in [1.807, 2.05) is 4.72 Å². The summed E-state index contributed by atoms with van der Waals surface area (Å²) in [5, 5.41) is -0.142. The van der Waals surface area contributed by atoms with Gasteiger partial charge in [-0.25, -0.2) is 13.4 Å². The van der Waals surface area contributed by atoms with Gasteiger partial charge in [-0.05, 0) is 19.1 Å². The fraction of sp³-hybridized carbons (Fsp3) is 0.286. The van der Waals surface area contributed by atoms with Gasteiger partial charge < -0.3 is 4.74 Å². The van der Waals surface area contributed by atoms with Crippen molar-refractivity contribution in [3.05, 3.63) is 40.9 Å². The molecule has 0 aliphatic rings. The maximum absolute atomic E-state index is 13.0. The van der Waals surface area contributed by atoms with Gasteiger partial charge in [-0.2, -0.15) is 13.2 Å². The van der Waals surface area contributed by atoms with Crippen molar-refractivity contribution in [3.8, 4) is 0 Å². The van der Waals surface area contributed by atoms with Crippen LogP contribution in [0.5, 0.6) is 0 Å². The second kappa shape index (κ2) is 7.40. The van der Waals surface area contributed by atoms with Crippen molar-refractivity contribution in [2.24, 2.45) is 0 Å². The average molecular weight is 394 g/mol. The zero-order valence-corrected chi connectivity index (χ0v) is 14.5. The summed E-state index contributed by atoms with van der Waals surface area (Å²) in [6, 6.07) is 3.83. The number of rotatable bonds is 6. The van der Waals surface area contributed by atoms with Gasteiger partial charge in [0.05, 0.1) is 23.5 Å². The Bertz CT molecular complexity index is 863. The first-order valence-electron chi connectivity index (χ1n) is 6.93. The van der Waals surface area contributed by atoms with E-state index in [1.54, 1.807) is 6.92 Å². The van der Waals surface area contributed by atoms with Gasteiger partial charge in [-0.3, -0.25) is 9.52 Å². The summed E-state index contributed by atoms with van der Waals surface area (Å²) in [6.45, 7) is 1.84. The lowest BCUT2D eigenvalue weighted by molar-refractivity contribution is -0.142. The van der Waals surface area contributed by atoms with Crippen LogP contribution in [-0.2, 0) is 32.2 Å². The predicted molar refractivity (Wildman–Crippen MR) is 84.7 cm³/mol. The number of nitrogens with one attached hydrogen (secondary N) is 1. The van der Waals surface area contributed by atoms with Gasteiger partial charge in [0.2, 0.25) is 0 Å². The van der Waals surface area contributed by atoms with Gasteiger partial charge in [0.25, 0.3) is 10.0 Å². The number of hydrogen-bond acceptors (Lipinski definition) is 6. The molecule has 0 amide bonds. The van der Waals surface area contributed by atoms with E-state index >= 15 is 0 Å². The molecule has 1 N–H and O–H groups in total. The van der Waals surface area contributed by atoms with Crippen molar-refractivity contribution in [2.75, 3.05) is 11.3 Å². The quantitative estimate of drug-likeness (QED) is 0.761. The van der Waals surface area contributed by atoms with E-state index in [4.69, 9.17) is 4.74 Å². The van der Waals surface area contributed by atoms with Crippen LogP contribution in [0.25, 0.3) is 0 Å². The maximum atomic E-state index is 13.0. The molecule has 1 heterocycles. The number of halogens is 3. The Balaban J connectivity index is 2.23. The number of esters is 1. The summed E-state index contributed by atoms with van der Waals surface area (Å²) in [6.07, 6.45) is -3.66. The molecule has 11 heteroatoms. The topological polar surface area (TPSA) is 85.4 Å². The Hall–Kier alpha value is -2.14. The molecule has 1 aromatic heterocycles. The minimum atomic E-state index is -4.82. The van der Waals surface area contributed by atoms with Crippen LogP contribution in [0, 0.1) is 0 Å². The van der Waals surface area contributed by atoms with Gasteiger partial charge >= 0.3 is 12.1 Å². The fourth-order valence-corrected chi connectivity index (χ4v) is 4.16. The second-order valence-electron chi connectivity index (χ2n) is 4.71. The van der Waals surface area contributed by atoms with Gasteiger partial charge in [-0.1, -0.05) is 12.1 Å². The molecule has 0 aliphatic carbocycles. The first-order valence-corrected chi connectivity index (χ1v) is 9.23. The number of sulfonamides is 1. The Morgan fingerprint density at radius 1 is 1.32 bits per heavy atom. The van der Waals surface area contributed by atoms with Crippen molar-refractivity contribution in [1.29, 1.82) is 0 Å². The van der Waals surface area contributed by atoms with Gasteiger partial charge in [0.15, 0.2) is 5.13 Å². The lowest BCUT2D eigenvalue weighted by Gasteiger charge is -2.13. The first-order chi connectivity index (χ1) is 11.6. The van der Waals surface area contributed by atoms with Gasteiger partial charge in [0.1, 0.15) is 0 Å². The summed E-state index contributed by atoms with van der Waals surface area (Å²) in [4.78, 5) is 14.7. The molecule has 0 aliphatic heterocycles. The first kappa shape index (κ1) is 19.2. The molecule has 136 valence electrons. The third kappa shape index (κ3) is 4.92. The SMILES string of the molecule is CCOC(=O)Cc1cnc(NS(=O)(=O)c2ccccc2C(F)(F)F)s1. The third-order valence-corrected chi connectivity index (χ3v) is 5.32. The van der Waals surface area contributed by atoms with E-state index in [-0.39, 0.29) is 18.2 Å². The highest BCUT2D eigenvalue weighted by atomic mass is 32.2. The van der Waals surface area contributed by atoms with E-state index < -0.39 is 32.6 Å². The van der Waals surface area contributed by atoms with Crippen LogP contribution in [0.4, 0.5) is 18.3 Å². The van der Waals surface area contributed by atoms with E-state index in [1.165, 1.54) is 12.3 Å². The third-order valence-electron chi connectivity index (χ3n) is 2.88. The van der Waals surface area contributed by atoms with Crippen molar-refractivity contribution in [2.45, 2.75) is 24.4 Å². The van der Waals surface area contributed by atoms with E-state index in [2.05, 4.69) is 4.98 Å². The molecule has 2 aromatic rings. The summed E-state index contributed by atoms with van der Waals surface area (Å²) < 4.78 is 70.2. The number of carbonyl (C=O) groups excluding carboxylic acids is 1. The molecule has 0 radical (unpaired) electrons. The zero-order valence-electron chi connectivity index (χ0n) is 12.8. The molecular formula is C14H13F3N2O4S2. The van der Waals surface area contributed by atoms with E-state index in [9.17, 15) is 26.4 Å². The molecular weight excluding hydrogens is 381 g/mol. The Labute approximate surface area is 145 Å². The molecule has 0 saturated heterocycles. The van der Waals surface area contributed by atoms with E-state index in [0.717, 1.165) is 23.5 Å². The normalized spacial score (nSPS) is 12.0. The Morgan fingerprint density at radius 2 is 2.00 bits per heavy atom. The van der Waals surface area contributed by atoms with Crippen LogP contribution < -0.4 is 4.72 Å². The number of carbonyl (C=O) groups is 1. The molecule has 0 bridgehead atoms. The molecule has 0 spiro atoms. The molecule has 6 nitrogen and oxygen atoms in total. The lowest BCUT2D eigenvalue weighted by Crippen LogP contribution is -2.18. The maximum Gasteiger partial charge on any atom is 0.417 e. The molecule has 1 aromatic carbocycles. The number of ether oxygens (including phenoxy) is 1. The highest BCUT2D eigenvalue weighted by Gasteiger charge is 2.37. The van der Waals surface area contributed by atoms with Crippen LogP contribution >= 0.6 is 11.3 Å². The number of anilines is 1. The summed E-state index contributed by atoms with van der Waals surface area (Å²) in [7, 11) is -4.49. The Kier molecular flexibility index (Phi) is 5.68. The molecule has 0 fully saturated rings. The van der Waals surface area contributed by atoms with Gasteiger partial charge in [0, 0.05) is 11.1 Å². The standard InChI is InChI=1S/C14H13F3N2O4S2/c1-2-23-12(20)7-9-8-18-13(24-9)19-25(21,22)11-6-4-3-5-10(11)14(15,16)17/h3-6,8H,2,7H2,1H3,(H,18,19). The highest BCUT2D eigenvalue weighted by Crippen LogP contribution is 2.34. The fourth-order valence-electron chi connectivity index (χ4n) is 1.90. The number of nitrogens with zero attached hydrogens (tertiary/aromatic N) is 1. The second-order valence-corrected chi connectivity index (χ2v) is 7.48. The van der Waals surface area contributed by atoms with Crippen molar-refractivity contribution in [1.82, 2.24) is 4.98 Å². The summed E-state index contributed by atoms with van der Waals surface area (Å²) in [5.41, 5.74) is -1.27. The van der Waals surface area contributed by atoms with Crippen LogP contribution in [0.3, 0.4) is 0 Å². The zero-order chi connectivity index (χ0) is 18.7. The number of alkyl halides is 3. The average Bonchev–Trinajstić information content (AvgIpc) is 2.93. The number of thiazole rings is 1. The van der Waals surface area contributed by atoms with Crippen LogP contribution in [-0.4, -0.2) is 26.0 Å².